The Balaban J connectivity index is 1.68. The van der Waals surface area contributed by atoms with Gasteiger partial charge in [0.25, 0.3) is 10.0 Å². The first kappa shape index (κ1) is 30.6. The van der Waals surface area contributed by atoms with Gasteiger partial charge in [-0.3, -0.25) is 13.9 Å². The van der Waals surface area contributed by atoms with E-state index < -0.39 is 28.5 Å². The van der Waals surface area contributed by atoms with Gasteiger partial charge in [0.05, 0.1) is 17.7 Å². The molecule has 2 amide bonds. The van der Waals surface area contributed by atoms with Crippen molar-refractivity contribution in [2.45, 2.75) is 63.1 Å². The standard InChI is InChI=1S/C31H36BrN3O5S/c1-22-11-17-29(18-12-22)41(38,39)35(27-15-13-25(32)14-16-27)21-30(36)34(20-24-7-6-10-28(19-24)40-3)23(2)31(37)33-26-8-4-5-9-26/h6-7,10-19,23,26H,4-5,8-9,20-21H2,1-3H3,(H,33,37). The number of benzene rings is 3. The predicted octanol–water partition coefficient (Wildman–Crippen LogP) is 5.44. The second-order valence-corrected chi connectivity index (χ2v) is 13.1. The molecule has 1 saturated carbocycles. The van der Waals surface area contributed by atoms with Crippen LogP contribution in [0.2, 0.25) is 0 Å². The highest BCUT2D eigenvalue weighted by Crippen LogP contribution is 2.27. The summed E-state index contributed by atoms with van der Waals surface area (Å²) in [6.07, 6.45) is 3.94. The average molecular weight is 643 g/mol. The fraction of sp³-hybridized carbons (Fsp3) is 0.355. The maximum Gasteiger partial charge on any atom is 0.264 e. The number of hydrogen-bond acceptors (Lipinski definition) is 5. The normalized spacial score (nSPS) is 14.3. The van der Waals surface area contributed by atoms with E-state index in [4.69, 9.17) is 4.74 Å². The number of sulfonamides is 1. The molecule has 0 bridgehead atoms. The van der Waals surface area contributed by atoms with Gasteiger partial charge in [-0.2, -0.15) is 0 Å². The third kappa shape index (κ3) is 7.68. The van der Waals surface area contributed by atoms with Crippen LogP contribution in [0.25, 0.3) is 0 Å². The molecule has 1 fully saturated rings. The number of carbonyl (C=O) groups is 2. The number of carbonyl (C=O) groups excluding carboxylic acids is 2. The highest BCUT2D eigenvalue weighted by molar-refractivity contribution is 9.10. The number of anilines is 1. The van der Waals surface area contributed by atoms with Crippen LogP contribution in [0.15, 0.2) is 82.2 Å². The number of aryl methyl sites for hydroxylation is 1. The third-order valence-electron chi connectivity index (χ3n) is 7.36. The van der Waals surface area contributed by atoms with E-state index in [9.17, 15) is 18.0 Å². The molecule has 3 aromatic carbocycles. The molecule has 1 N–H and O–H groups in total. The first-order valence-electron chi connectivity index (χ1n) is 13.7. The van der Waals surface area contributed by atoms with Gasteiger partial charge in [0.1, 0.15) is 18.3 Å². The molecule has 0 spiro atoms. The van der Waals surface area contributed by atoms with E-state index in [1.807, 2.05) is 19.1 Å². The summed E-state index contributed by atoms with van der Waals surface area (Å²) in [7, 11) is -2.55. The van der Waals surface area contributed by atoms with Gasteiger partial charge >= 0.3 is 0 Å². The minimum absolute atomic E-state index is 0.0742. The zero-order valence-electron chi connectivity index (χ0n) is 23.5. The molecule has 1 unspecified atom stereocenters. The second kappa shape index (κ2) is 13.5. The molecular formula is C31H36BrN3O5S. The predicted molar refractivity (Wildman–Crippen MR) is 163 cm³/mol. The van der Waals surface area contributed by atoms with E-state index >= 15 is 0 Å². The molecule has 4 rings (SSSR count). The Bertz CT molecular complexity index is 1460. The van der Waals surface area contributed by atoms with E-state index in [0.29, 0.717) is 11.4 Å². The van der Waals surface area contributed by atoms with E-state index in [-0.39, 0.29) is 23.4 Å². The zero-order chi connectivity index (χ0) is 29.6. The Morgan fingerprint density at radius 3 is 2.32 bits per heavy atom. The molecule has 10 heteroatoms. The maximum absolute atomic E-state index is 14.1. The lowest BCUT2D eigenvalue weighted by Crippen LogP contribution is -2.52. The summed E-state index contributed by atoms with van der Waals surface area (Å²) in [6.45, 7) is 3.18. The van der Waals surface area contributed by atoms with Crippen molar-refractivity contribution in [3.8, 4) is 5.75 Å². The SMILES string of the molecule is COc1cccc(CN(C(=O)CN(c2ccc(Br)cc2)S(=O)(=O)c2ccc(C)cc2)C(C)C(=O)NC2CCCC2)c1. The number of hydrogen-bond donors (Lipinski definition) is 1. The molecular weight excluding hydrogens is 606 g/mol. The van der Waals surface area contributed by atoms with Crippen molar-refractivity contribution in [1.29, 1.82) is 0 Å². The van der Waals surface area contributed by atoms with Gasteiger partial charge in [-0.1, -0.05) is 58.6 Å². The first-order valence-corrected chi connectivity index (χ1v) is 15.9. The molecule has 1 aliphatic rings. The number of nitrogens with one attached hydrogen (secondary N) is 1. The van der Waals surface area contributed by atoms with Crippen molar-refractivity contribution in [3.05, 3.63) is 88.4 Å². The average Bonchev–Trinajstić information content (AvgIpc) is 3.48. The van der Waals surface area contributed by atoms with Gasteiger partial charge < -0.3 is 15.0 Å². The Kier molecular flexibility index (Phi) is 10.1. The molecule has 0 aliphatic heterocycles. The zero-order valence-corrected chi connectivity index (χ0v) is 25.9. The molecule has 0 radical (unpaired) electrons. The number of methoxy groups -OCH3 is 1. The Morgan fingerprint density at radius 2 is 1.68 bits per heavy atom. The van der Waals surface area contributed by atoms with E-state index in [1.54, 1.807) is 62.6 Å². The van der Waals surface area contributed by atoms with Crippen LogP contribution in [-0.2, 0) is 26.2 Å². The second-order valence-electron chi connectivity index (χ2n) is 10.3. The van der Waals surface area contributed by atoms with Crippen molar-refractivity contribution in [2.75, 3.05) is 18.0 Å². The quantitative estimate of drug-likeness (QED) is 0.301. The van der Waals surface area contributed by atoms with Crippen LogP contribution >= 0.6 is 15.9 Å². The van der Waals surface area contributed by atoms with Gasteiger partial charge in [0.15, 0.2) is 0 Å². The van der Waals surface area contributed by atoms with Crippen molar-refractivity contribution in [3.63, 3.8) is 0 Å². The lowest BCUT2D eigenvalue weighted by molar-refractivity contribution is -0.139. The summed E-state index contributed by atoms with van der Waals surface area (Å²) in [4.78, 5) is 28.9. The molecule has 0 saturated heterocycles. The molecule has 1 aliphatic carbocycles. The Morgan fingerprint density at radius 1 is 1.02 bits per heavy atom. The largest absolute Gasteiger partial charge is 0.497 e. The van der Waals surface area contributed by atoms with Crippen molar-refractivity contribution in [1.82, 2.24) is 10.2 Å². The molecule has 0 heterocycles. The molecule has 8 nitrogen and oxygen atoms in total. The number of ether oxygens (including phenoxy) is 1. The van der Waals surface area contributed by atoms with Gasteiger partial charge in [-0.15, -0.1) is 0 Å². The van der Waals surface area contributed by atoms with Crippen molar-refractivity contribution in [2.24, 2.45) is 0 Å². The summed E-state index contributed by atoms with van der Waals surface area (Å²) in [5, 5.41) is 3.08. The van der Waals surface area contributed by atoms with Crippen LogP contribution in [0.1, 0.15) is 43.7 Å². The highest BCUT2D eigenvalue weighted by atomic mass is 79.9. The summed E-state index contributed by atoms with van der Waals surface area (Å²) >= 11 is 3.39. The summed E-state index contributed by atoms with van der Waals surface area (Å²) in [5.74, 6) is -0.137. The van der Waals surface area contributed by atoms with Gasteiger partial charge in [0, 0.05) is 17.1 Å². The fourth-order valence-electron chi connectivity index (χ4n) is 4.92. The summed E-state index contributed by atoms with van der Waals surface area (Å²) < 4.78 is 35.1. The smallest absolute Gasteiger partial charge is 0.264 e. The highest BCUT2D eigenvalue weighted by Gasteiger charge is 2.33. The van der Waals surface area contributed by atoms with Gasteiger partial charge in [0.2, 0.25) is 11.8 Å². The van der Waals surface area contributed by atoms with Crippen LogP contribution in [0.5, 0.6) is 5.75 Å². The molecule has 41 heavy (non-hydrogen) atoms. The molecule has 3 aromatic rings. The maximum atomic E-state index is 14.1. The van der Waals surface area contributed by atoms with Crippen LogP contribution in [0.4, 0.5) is 5.69 Å². The van der Waals surface area contributed by atoms with Gasteiger partial charge in [-0.25, -0.2) is 8.42 Å². The van der Waals surface area contributed by atoms with Crippen LogP contribution in [0.3, 0.4) is 0 Å². The fourth-order valence-corrected chi connectivity index (χ4v) is 6.59. The summed E-state index contributed by atoms with van der Waals surface area (Å²) in [5.41, 5.74) is 2.02. The third-order valence-corrected chi connectivity index (χ3v) is 9.68. The van der Waals surface area contributed by atoms with E-state index in [2.05, 4.69) is 21.2 Å². The topological polar surface area (TPSA) is 96.0 Å². The monoisotopic (exact) mass is 641 g/mol. The van der Waals surface area contributed by atoms with Crippen LogP contribution in [0, 0.1) is 6.92 Å². The van der Waals surface area contributed by atoms with Crippen LogP contribution in [-0.4, -0.2) is 50.9 Å². The lowest BCUT2D eigenvalue weighted by Gasteiger charge is -2.32. The van der Waals surface area contributed by atoms with Crippen molar-refractivity contribution < 1.29 is 22.7 Å². The molecule has 1 atom stereocenters. The molecule has 0 aromatic heterocycles. The van der Waals surface area contributed by atoms with Crippen molar-refractivity contribution >= 4 is 43.5 Å². The number of amides is 2. The lowest BCUT2D eigenvalue weighted by atomic mass is 10.1. The molecule has 218 valence electrons. The number of nitrogens with zero attached hydrogens (tertiary/aromatic N) is 2. The van der Waals surface area contributed by atoms with Crippen LogP contribution < -0.4 is 14.4 Å². The Hall–Kier alpha value is -3.37. The van der Waals surface area contributed by atoms with E-state index in [0.717, 1.165) is 45.6 Å². The first-order chi connectivity index (χ1) is 19.6. The number of halogens is 1. The minimum Gasteiger partial charge on any atom is -0.497 e. The summed E-state index contributed by atoms with van der Waals surface area (Å²) in [6, 6.07) is 19.8. The number of rotatable bonds is 11. The van der Waals surface area contributed by atoms with E-state index in [1.165, 1.54) is 17.0 Å². The Labute approximate surface area is 250 Å². The van der Waals surface area contributed by atoms with Gasteiger partial charge in [-0.05, 0) is 80.8 Å². The minimum atomic E-state index is -4.11.